The van der Waals surface area contributed by atoms with Crippen molar-refractivity contribution >= 4 is 19.0 Å². The van der Waals surface area contributed by atoms with Gasteiger partial charge in [-0.25, -0.2) is 0 Å². The van der Waals surface area contributed by atoms with Crippen LogP contribution in [0, 0.1) is 0 Å². The molecule has 3 nitrogen and oxygen atoms in total. The van der Waals surface area contributed by atoms with Gasteiger partial charge < -0.3 is 9.05 Å². The fourth-order valence-electron chi connectivity index (χ4n) is 1.87. The SMILES string of the molecule is COP(=O)(OC)C(=C=Cc1ccccc1)c1ccccc1. The lowest BCUT2D eigenvalue weighted by atomic mass is 10.2. The summed E-state index contributed by atoms with van der Waals surface area (Å²) in [5.41, 5.74) is 4.80. The molecule has 0 atom stereocenters. The van der Waals surface area contributed by atoms with Gasteiger partial charge >= 0.3 is 7.60 Å². The van der Waals surface area contributed by atoms with Crippen LogP contribution in [0.1, 0.15) is 11.1 Å². The number of rotatable bonds is 5. The second-order valence-corrected chi connectivity index (χ2v) is 6.45. The van der Waals surface area contributed by atoms with E-state index in [9.17, 15) is 4.57 Å². The van der Waals surface area contributed by atoms with Gasteiger partial charge in [-0.2, -0.15) is 0 Å². The minimum Gasteiger partial charge on any atom is -0.308 e. The van der Waals surface area contributed by atoms with Crippen LogP contribution in [0.5, 0.6) is 0 Å². The first-order valence-electron chi connectivity index (χ1n) is 6.49. The third kappa shape index (κ3) is 3.81. The van der Waals surface area contributed by atoms with Crippen LogP contribution >= 0.6 is 7.60 Å². The molecule has 0 radical (unpaired) electrons. The van der Waals surface area contributed by atoms with Crippen molar-refractivity contribution in [3.8, 4) is 0 Å². The van der Waals surface area contributed by atoms with Crippen LogP contribution in [-0.2, 0) is 13.6 Å². The quantitative estimate of drug-likeness (QED) is 0.586. The first-order valence-corrected chi connectivity index (χ1v) is 8.03. The average molecular weight is 300 g/mol. The van der Waals surface area contributed by atoms with Crippen molar-refractivity contribution in [3.05, 3.63) is 77.5 Å². The van der Waals surface area contributed by atoms with E-state index in [1.54, 1.807) is 6.08 Å². The fraction of sp³-hybridized carbons (Fsp3) is 0.118. The van der Waals surface area contributed by atoms with E-state index in [0.717, 1.165) is 11.1 Å². The van der Waals surface area contributed by atoms with Crippen molar-refractivity contribution in [1.82, 2.24) is 0 Å². The molecule has 108 valence electrons. The van der Waals surface area contributed by atoms with E-state index < -0.39 is 7.60 Å². The molecule has 0 unspecified atom stereocenters. The summed E-state index contributed by atoms with van der Waals surface area (Å²) < 4.78 is 22.9. The minimum atomic E-state index is -3.38. The highest BCUT2D eigenvalue weighted by molar-refractivity contribution is 7.65. The van der Waals surface area contributed by atoms with Crippen LogP contribution in [0.4, 0.5) is 0 Å². The zero-order chi connectivity index (χ0) is 15.1. The number of hydrogen-bond acceptors (Lipinski definition) is 3. The molecule has 0 amide bonds. The van der Waals surface area contributed by atoms with E-state index in [-0.39, 0.29) is 0 Å². The van der Waals surface area contributed by atoms with E-state index in [0.29, 0.717) is 5.31 Å². The third-order valence-electron chi connectivity index (χ3n) is 2.98. The Morgan fingerprint density at radius 2 is 1.48 bits per heavy atom. The summed E-state index contributed by atoms with van der Waals surface area (Å²) in [7, 11) is -0.631. The maximum atomic E-state index is 12.7. The fourth-order valence-corrected chi connectivity index (χ4v) is 3.08. The Labute approximate surface area is 125 Å². The van der Waals surface area contributed by atoms with E-state index in [1.807, 2.05) is 60.7 Å². The summed E-state index contributed by atoms with van der Waals surface area (Å²) in [6.07, 6.45) is 1.77. The first-order chi connectivity index (χ1) is 10.2. The lowest BCUT2D eigenvalue weighted by Crippen LogP contribution is -1.92. The molecule has 0 aliphatic rings. The van der Waals surface area contributed by atoms with Crippen LogP contribution < -0.4 is 0 Å². The van der Waals surface area contributed by atoms with Crippen LogP contribution in [0.25, 0.3) is 11.4 Å². The maximum Gasteiger partial charge on any atom is 0.369 e. The zero-order valence-electron chi connectivity index (χ0n) is 12.0. The molecule has 0 bridgehead atoms. The molecule has 0 N–H and O–H groups in total. The average Bonchev–Trinajstić information content (AvgIpc) is 2.56. The number of benzene rings is 2. The monoisotopic (exact) mass is 300 g/mol. The van der Waals surface area contributed by atoms with Crippen molar-refractivity contribution < 1.29 is 13.6 Å². The highest BCUT2D eigenvalue weighted by Crippen LogP contribution is 2.58. The molecule has 21 heavy (non-hydrogen) atoms. The van der Waals surface area contributed by atoms with Crippen molar-refractivity contribution in [2.75, 3.05) is 14.2 Å². The van der Waals surface area contributed by atoms with Crippen LogP contribution in [-0.4, -0.2) is 14.2 Å². The van der Waals surface area contributed by atoms with Gasteiger partial charge in [0.15, 0.2) is 0 Å². The Kier molecular flexibility index (Phi) is 5.32. The lowest BCUT2D eigenvalue weighted by molar-refractivity contribution is 0.288. The predicted octanol–water partition coefficient (Wildman–Crippen LogP) is 4.83. The summed E-state index contributed by atoms with van der Waals surface area (Å²) in [5.74, 6) is 0. The molecule has 0 heterocycles. The van der Waals surface area contributed by atoms with Crippen LogP contribution in [0.15, 0.2) is 66.4 Å². The van der Waals surface area contributed by atoms with Crippen molar-refractivity contribution in [1.29, 1.82) is 0 Å². The van der Waals surface area contributed by atoms with E-state index >= 15 is 0 Å². The van der Waals surface area contributed by atoms with Crippen molar-refractivity contribution in [2.45, 2.75) is 0 Å². The molecule has 4 heteroatoms. The van der Waals surface area contributed by atoms with Gasteiger partial charge in [0, 0.05) is 14.2 Å². The molecule has 0 aliphatic heterocycles. The maximum absolute atomic E-state index is 12.7. The molecular weight excluding hydrogens is 283 g/mol. The lowest BCUT2D eigenvalue weighted by Gasteiger charge is -2.15. The summed E-state index contributed by atoms with van der Waals surface area (Å²) in [5, 5.41) is 0.414. The Hall–Kier alpha value is -1.89. The summed E-state index contributed by atoms with van der Waals surface area (Å²) in [6.45, 7) is 0. The largest absolute Gasteiger partial charge is 0.369 e. The Balaban J connectivity index is 2.57. The van der Waals surface area contributed by atoms with Crippen molar-refractivity contribution in [3.63, 3.8) is 0 Å². The first kappa shape index (κ1) is 15.5. The van der Waals surface area contributed by atoms with Gasteiger partial charge in [0.2, 0.25) is 0 Å². The van der Waals surface area contributed by atoms with Gasteiger partial charge in [0.05, 0.1) is 0 Å². The second-order valence-electron chi connectivity index (χ2n) is 4.28. The zero-order valence-corrected chi connectivity index (χ0v) is 12.9. The molecule has 2 aromatic rings. The molecule has 0 saturated heterocycles. The van der Waals surface area contributed by atoms with Gasteiger partial charge in [-0.15, -0.1) is 5.73 Å². The molecule has 2 aromatic carbocycles. The molecular formula is C17H17O3P. The highest BCUT2D eigenvalue weighted by Gasteiger charge is 2.28. The van der Waals surface area contributed by atoms with Crippen LogP contribution in [0.3, 0.4) is 0 Å². The number of hydrogen-bond donors (Lipinski definition) is 0. The molecule has 0 saturated carbocycles. The molecule has 0 fully saturated rings. The second kappa shape index (κ2) is 7.21. The van der Waals surface area contributed by atoms with Gasteiger partial charge in [-0.3, -0.25) is 4.57 Å². The predicted molar refractivity (Wildman–Crippen MR) is 85.9 cm³/mol. The minimum absolute atomic E-state index is 0.414. The smallest absolute Gasteiger partial charge is 0.308 e. The topological polar surface area (TPSA) is 35.5 Å². The third-order valence-corrected chi connectivity index (χ3v) is 4.87. The summed E-state index contributed by atoms with van der Waals surface area (Å²) in [4.78, 5) is 0. The van der Waals surface area contributed by atoms with E-state index in [1.165, 1.54) is 14.2 Å². The highest BCUT2D eigenvalue weighted by atomic mass is 31.2. The van der Waals surface area contributed by atoms with Crippen molar-refractivity contribution in [2.24, 2.45) is 0 Å². The van der Waals surface area contributed by atoms with Crippen LogP contribution in [0.2, 0.25) is 0 Å². The Bertz CT molecular complexity index is 678. The molecule has 0 spiro atoms. The standard InChI is InChI=1S/C17H17O3P/c1-19-21(18,20-2)17(16-11-7-4-8-12-16)14-13-15-9-5-3-6-10-15/h3-13H,1-2H3. The Morgan fingerprint density at radius 1 is 0.952 bits per heavy atom. The molecule has 0 aliphatic carbocycles. The van der Waals surface area contributed by atoms with Gasteiger partial charge in [0.25, 0.3) is 0 Å². The van der Waals surface area contributed by atoms with E-state index in [4.69, 9.17) is 9.05 Å². The normalized spacial score (nSPS) is 10.8. The molecule has 0 aromatic heterocycles. The summed E-state index contributed by atoms with van der Waals surface area (Å²) >= 11 is 0. The van der Waals surface area contributed by atoms with Gasteiger partial charge in [0.1, 0.15) is 5.31 Å². The van der Waals surface area contributed by atoms with Gasteiger partial charge in [-0.05, 0) is 17.2 Å². The summed E-state index contributed by atoms with van der Waals surface area (Å²) in [6, 6.07) is 19.0. The Morgan fingerprint density at radius 3 is 2.00 bits per heavy atom. The molecule has 2 rings (SSSR count). The van der Waals surface area contributed by atoms with E-state index in [2.05, 4.69) is 5.73 Å². The van der Waals surface area contributed by atoms with Gasteiger partial charge in [-0.1, -0.05) is 60.7 Å².